The van der Waals surface area contributed by atoms with E-state index in [4.69, 9.17) is 15.2 Å². The molecule has 1 saturated heterocycles. The summed E-state index contributed by atoms with van der Waals surface area (Å²) in [5.41, 5.74) is 9.06. The molecule has 35 heavy (non-hydrogen) atoms. The van der Waals surface area contributed by atoms with Gasteiger partial charge >= 0.3 is 5.95 Å². The van der Waals surface area contributed by atoms with E-state index in [0.717, 1.165) is 53.2 Å². The van der Waals surface area contributed by atoms with Gasteiger partial charge in [0.05, 0.1) is 18.0 Å². The molecule has 0 unspecified atom stereocenters. The molecule has 0 aliphatic carbocycles. The molecule has 0 radical (unpaired) electrons. The fourth-order valence-corrected chi connectivity index (χ4v) is 4.97. The average molecular weight is 492 g/mol. The van der Waals surface area contributed by atoms with Crippen molar-refractivity contribution in [3.8, 4) is 22.8 Å². The molecule has 1 aliphatic heterocycles. The fraction of sp³-hybridized carbons (Fsp3) is 0.280. The largest absolute Gasteiger partial charge is 0.497 e. The maximum Gasteiger partial charge on any atom is 0.387 e. The van der Waals surface area contributed by atoms with Crippen molar-refractivity contribution < 1.29 is 19.3 Å². The standard InChI is InChI=1S/C25H26N6O3S/c1-33-18-4-2-3-15(11-18)14-29-23(32)24-31-22-20(34-17-5-8-27-9-6-17)12-16(13-21(22)35-24)19-7-10-28-25(26)30-19/h2-4,7,10-13,17,27H,5-6,8-9,14H2,1H3,(H,29,32)(H2,26,28,30)/p+1. The summed E-state index contributed by atoms with van der Waals surface area (Å²) in [5, 5.41) is 6.69. The predicted octanol–water partition coefficient (Wildman–Crippen LogP) is 2.82. The van der Waals surface area contributed by atoms with Crippen LogP contribution in [-0.4, -0.2) is 42.2 Å². The van der Waals surface area contributed by atoms with Gasteiger partial charge in [0.1, 0.15) is 23.1 Å². The Morgan fingerprint density at radius 1 is 1.23 bits per heavy atom. The number of fused-ring (bicyclic) bond motifs is 1. The molecule has 0 spiro atoms. The van der Waals surface area contributed by atoms with Crippen molar-refractivity contribution >= 4 is 33.4 Å². The van der Waals surface area contributed by atoms with E-state index >= 15 is 0 Å². The highest BCUT2D eigenvalue weighted by Crippen LogP contribution is 2.36. The summed E-state index contributed by atoms with van der Waals surface area (Å²) < 4.78 is 12.5. The van der Waals surface area contributed by atoms with Gasteiger partial charge in [-0.25, -0.2) is 9.97 Å². The first-order chi connectivity index (χ1) is 17.1. The van der Waals surface area contributed by atoms with Crippen LogP contribution in [0, 0.1) is 0 Å². The number of ether oxygens (including phenoxy) is 2. The molecular weight excluding hydrogens is 464 g/mol. The zero-order valence-electron chi connectivity index (χ0n) is 19.3. The van der Waals surface area contributed by atoms with Gasteiger partial charge in [-0.1, -0.05) is 17.1 Å². The van der Waals surface area contributed by atoms with Crippen molar-refractivity contribution in [2.24, 2.45) is 0 Å². The lowest BCUT2D eigenvalue weighted by atomic mass is 10.1. The second-order valence-electron chi connectivity index (χ2n) is 8.30. The molecule has 2 aromatic carbocycles. The van der Waals surface area contributed by atoms with Crippen LogP contribution in [0.2, 0.25) is 0 Å². The minimum atomic E-state index is -0.236. The first kappa shape index (κ1) is 23.0. The average Bonchev–Trinajstić information content (AvgIpc) is 3.33. The summed E-state index contributed by atoms with van der Waals surface area (Å²) in [7, 11) is 1.62. The monoisotopic (exact) mass is 491 g/mol. The zero-order chi connectivity index (χ0) is 24.2. The molecule has 0 saturated carbocycles. The van der Waals surface area contributed by atoms with Crippen molar-refractivity contribution in [1.82, 2.24) is 20.6 Å². The quantitative estimate of drug-likeness (QED) is 0.363. The number of H-pyrrole nitrogens is 1. The van der Waals surface area contributed by atoms with E-state index in [1.54, 1.807) is 13.3 Å². The number of nitrogens with two attached hydrogens (primary N) is 1. The Kier molecular flexibility index (Phi) is 6.73. The third-order valence-electron chi connectivity index (χ3n) is 5.83. The van der Waals surface area contributed by atoms with E-state index < -0.39 is 0 Å². The molecule has 5 rings (SSSR count). The third-order valence-corrected chi connectivity index (χ3v) is 6.83. The van der Waals surface area contributed by atoms with E-state index in [0.29, 0.717) is 28.8 Å². The highest BCUT2D eigenvalue weighted by atomic mass is 32.1. The summed E-state index contributed by atoms with van der Waals surface area (Å²) in [5.74, 6) is 1.49. The van der Waals surface area contributed by atoms with Crippen LogP contribution in [0.5, 0.6) is 11.5 Å². The number of aromatic nitrogens is 3. The van der Waals surface area contributed by atoms with Crippen molar-refractivity contribution in [3.05, 3.63) is 59.2 Å². The van der Waals surface area contributed by atoms with Crippen LogP contribution in [0.15, 0.2) is 48.7 Å². The number of hydrogen-bond donors (Lipinski definition) is 3. The summed E-state index contributed by atoms with van der Waals surface area (Å²) >= 11 is 1.33. The molecule has 0 bridgehead atoms. The number of rotatable bonds is 7. The van der Waals surface area contributed by atoms with Crippen LogP contribution in [0.4, 0.5) is 5.95 Å². The number of anilines is 1. The SMILES string of the molecule is COc1cccc(CNC(=O)c2nc3c(OC4CCNCC4)cc(-c4cc[nH+]c(N)n4)cc3s2)c1. The van der Waals surface area contributed by atoms with Gasteiger partial charge in [-0.05, 0) is 55.8 Å². The molecule has 2 aromatic heterocycles. The number of thiazole rings is 1. The van der Waals surface area contributed by atoms with E-state index in [2.05, 4.69) is 25.6 Å². The molecule has 4 aromatic rings. The molecule has 1 amide bonds. The smallest absolute Gasteiger partial charge is 0.387 e. The lowest BCUT2D eigenvalue weighted by Crippen LogP contribution is -2.34. The molecule has 3 heterocycles. The molecule has 1 fully saturated rings. The molecule has 180 valence electrons. The maximum atomic E-state index is 13.0. The van der Waals surface area contributed by atoms with Crippen LogP contribution < -0.4 is 30.8 Å². The summed E-state index contributed by atoms with van der Waals surface area (Å²) in [6.45, 7) is 2.20. The van der Waals surface area contributed by atoms with E-state index in [9.17, 15) is 4.79 Å². The lowest BCUT2D eigenvalue weighted by molar-refractivity contribution is -0.364. The Hall–Kier alpha value is -3.76. The van der Waals surface area contributed by atoms with Crippen molar-refractivity contribution in [2.45, 2.75) is 25.5 Å². The third kappa shape index (κ3) is 5.33. The normalized spacial score (nSPS) is 14.1. The minimum Gasteiger partial charge on any atom is -0.497 e. The number of hydrogen-bond acceptors (Lipinski definition) is 8. The minimum absolute atomic E-state index is 0.0869. The molecule has 5 N–H and O–H groups in total. The van der Waals surface area contributed by atoms with Crippen molar-refractivity contribution in [3.63, 3.8) is 0 Å². The number of aromatic amines is 1. The van der Waals surface area contributed by atoms with Gasteiger partial charge in [-0.2, -0.15) is 0 Å². The Morgan fingerprint density at radius 2 is 2.09 bits per heavy atom. The number of methoxy groups -OCH3 is 1. The molecule has 10 heteroatoms. The van der Waals surface area contributed by atoms with E-state index in [-0.39, 0.29) is 12.0 Å². The number of amides is 1. The highest BCUT2D eigenvalue weighted by Gasteiger charge is 2.21. The van der Waals surface area contributed by atoms with Crippen LogP contribution in [-0.2, 0) is 6.54 Å². The Morgan fingerprint density at radius 3 is 2.89 bits per heavy atom. The second kappa shape index (κ2) is 10.2. The summed E-state index contributed by atoms with van der Waals surface area (Å²) in [6, 6.07) is 13.4. The number of nitrogens with one attached hydrogen (secondary N) is 3. The molecule has 1 aliphatic rings. The Balaban J connectivity index is 1.45. The topological polar surface area (TPSA) is 126 Å². The van der Waals surface area contributed by atoms with Crippen molar-refractivity contribution in [2.75, 3.05) is 25.9 Å². The molecular formula is C25H27N6O3S+. The van der Waals surface area contributed by atoms with Crippen LogP contribution in [0.1, 0.15) is 28.2 Å². The highest BCUT2D eigenvalue weighted by molar-refractivity contribution is 7.20. The Bertz CT molecular complexity index is 1350. The number of carbonyl (C=O) groups excluding carboxylic acids is 1. The number of carbonyl (C=O) groups is 1. The zero-order valence-corrected chi connectivity index (χ0v) is 20.2. The van der Waals surface area contributed by atoms with Gasteiger partial charge < -0.3 is 20.1 Å². The van der Waals surface area contributed by atoms with Gasteiger partial charge in [0.15, 0.2) is 10.7 Å². The maximum absolute atomic E-state index is 13.0. The number of nitrogens with zero attached hydrogens (tertiary/aromatic N) is 2. The van der Waals surface area contributed by atoms with E-state index in [1.807, 2.05) is 42.5 Å². The van der Waals surface area contributed by atoms with Crippen LogP contribution in [0.25, 0.3) is 21.5 Å². The Labute approximate surface area is 206 Å². The van der Waals surface area contributed by atoms with Crippen LogP contribution in [0.3, 0.4) is 0 Å². The van der Waals surface area contributed by atoms with Gasteiger partial charge in [0.25, 0.3) is 5.91 Å². The number of benzene rings is 2. The molecule has 9 nitrogen and oxygen atoms in total. The number of piperidine rings is 1. The predicted molar refractivity (Wildman–Crippen MR) is 135 cm³/mol. The summed E-state index contributed by atoms with van der Waals surface area (Å²) in [4.78, 5) is 24.9. The van der Waals surface area contributed by atoms with E-state index in [1.165, 1.54) is 11.3 Å². The van der Waals surface area contributed by atoms with Crippen LogP contribution >= 0.6 is 11.3 Å². The van der Waals surface area contributed by atoms with Gasteiger partial charge in [0.2, 0.25) is 0 Å². The first-order valence-electron chi connectivity index (χ1n) is 11.5. The van der Waals surface area contributed by atoms with Crippen molar-refractivity contribution in [1.29, 1.82) is 0 Å². The van der Waals surface area contributed by atoms with Gasteiger partial charge in [0, 0.05) is 18.2 Å². The van der Waals surface area contributed by atoms with Gasteiger partial charge in [-0.3, -0.25) is 10.5 Å². The first-order valence-corrected chi connectivity index (χ1v) is 12.3. The fourth-order valence-electron chi connectivity index (χ4n) is 4.03. The summed E-state index contributed by atoms with van der Waals surface area (Å²) in [6.07, 6.45) is 3.66. The number of nitrogen functional groups attached to an aromatic ring is 1. The van der Waals surface area contributed by atoms with Gasteiger partial charge in [-0.15, -0.1) is 11.3 Å². The molecule has 0 atom stereocenters. The second-order valence-corrected chi connectivity index (χ2v) is 9.33. The lowest BCUT2D eigenvalue weighted by Gasteiger charge is -2.24.